The molecule has 0 fully saturated rings. The molecule has 8 heteroatoms. The highest BCUT2D eigenvalue weighted by Crippen LogP contribution is 2.04. The summed E-state index contributed by atoms with van der Waals surface area (Å²) >= 11 is 0. The molecule has 84 valence electrons. The summed E-state index contributed by atoms with van der Waals surface area (Å²) in [4.78, 5) is 11.0. The highest BCUT2D eigenvalue weighted by molar-refractivity contribution is 7.87. The van der Waals surface area contributed by atoms with Gasteiger partial charge in [0.15, 0.2) is 0 Å². The standard InChI is InChI=1S/C7H11N3O4S/c1-9(2)15(12,13)10-5-6(4-8-10)7(11)14-3/h4-5H,1-3H3. The highest BCUT2D eigenvalue weighted by Gasteiger charge is 2.19. The van der Waals surface area contributed by atoms with Crippen molar-refractivity contribution in [2.24, 2.45) is 0 Å². The highest BCUT2D eigenvalue weighted by atomic mass is 32.2. The number of ether oxygens (including phenoxy) is 1. The van der Waals surface area contributed by atoms with E-state index >= 15 is 0 Å². The maximum absolute atomic E-state index is 11.5. The normalized spacial score (nSPS) is 11.7. The van der Waals surface area contributed by atoms with E-state index in [1.54, 1.807) is 0 Å². The minimum atomic E-state index is -3.67. The van der Waals surface area contributed by atoms with Crippen LogP contribution < -0.4 is 0 Å². The molecule has 1 heterocycles. The molecule has 15 heavy (non-hydrogen) atoms. The first-order valence-electron chi connectivity index (χ1n) is 3.95. The Kier molecular flexibility index (Phi) is 3.10. The lowest BCUT2D eigenvalue weighted by molar-refractivity contribution is 0.0601. The van der Waals surface area contributed by atoms with E-state index in [-0.39, 0.29) is 5.56 Å². The van der Waals surface area contributed by atoms with Crippen molar-refractivity contribution in [1.29, 1.82) is 0 Å². The van der Waals surface area contributed by atoms with Gasteiger partial charge >= 0.3 is 16.2 Å². The molecule has 1 aromatic heterocycles. The lowest BCUT2D eigenvalue weighted by Gasteiger charge is -2.09. The van der Waals surface area contributed by atoms with Gasteiger partial charge in [0, 0.05) is 14.1 Å². The lowest BCUT2D eigenvalue weighted by atomic mass is 10.4. The Bertz CT molecular complexity index is 462. The predicted molar refractivity (Wildman–Crippen MR) is 51.6 cm³/mol. The number of carbonyl (C=O) groups excluding carboxylic acids is 1. The zero-order valence-electron chi connectivity index (χ0n) is 8.54. The summed E-state index contributed by atoms with van der Waals surface area (Å²) in [6.45, 7) is 0. The van der Waals surface area contributed by atoms with Crippen molar-refractivity contribution in [1.82, 2.24) is 13.5 Å². The van der Waals surface area contributed by atoms with Crippen LogP contribution >= 0.6 is 0 Å². The summed E-state index contributed by atoms with van der Waals surface area (Å²) in [5, 5.41) is 3.56. The van der Waals surface area contributed by atoms with Crippen molar-refractivity contribution >= 4 is 16.2 Å². The van der Waals surface area contributed by atoms with Crippen LogP contribution in [0.1, 0.15) is 10.4 Å². The molecule has 1 aromatic rings. The van der Waals surface area contributed by atoms with Crippen LogP contribution in [0.5, 0.6) is 0 Å². The summed E-state index contributed by atoms with van der Waals surface area (Å²) in [5.74, 6) is -0.629. The third kappa shape index (κ3) is 2.16. The van der Waals surface area contributed by atoms with Gasteiger partial charge in [0.25, 0.3) is 0 Å². The summed E-state index contributed by atoms with van der Waals surface area (Å²) in [6.07, 6.45) is 2.23. The van der Waals surface area contributed by atoms with Crippen molar-refractivity contribution in [2.75, 3.05) is 21.2 Å². The SMILES string of the molecule is COC(=O)c1cnn(S(=O)(=O)N(C)C)c1. The van der Waals surface area contributed by atoms with E-state index in [4.69, 9.17) is 0 Å². The molecule has 0 radical (unpaired) electrons. The van der Waals surface area contributed by atoms with Crippen molar-refractivity contribution in [3.8, 4) is 0 Å². The van der Waals surface area contributed by atoms with Gasteiger partial charge in [-0.25, -0.2) is 4.79 Å². The van der Waals surface area contributed by atoms with Crippen LogP contribution in [0.15, 0.2) is 12.4 Å². The van der Waals surface area contributed by atoms with Crippen LogP contribution in [-0.4, -0.2) is 49.1 Å². The predicted octanol–water partition coefficient (Wildman–Crippen LogP) is -0.676. The molecule has 0 aromatic carbocycles. The van der Waals surface area contributed by atoms with Crippen molar-refractivity contribution < 1.29 is 17.9 Å². The van der Waals surface area contributed by atoms with Crippen molar-refractivity contribution in [3.05, 3.63) is 18.0 Å². The molecule has 0 aliphatic carbocycles. The van der Waals surface area contributed by atoms with E-state index in [1.807, 2.05) is 0 Å². The monoisotopic (exact) mass is 233 g/mol. The van der Waals surface area contributed by atoms with Gasteiger partial charge in [-0.15, -0.1) is 0 Å². The Balaban J connectivity index is 3.10. The van der Waals surface area contributed by atoms with Gasteiger partial charge in [0.1, 0.15) is 0 Å². The van der Waals surface area contributed by atoms with E-state index in [0.717, 1.165) is 16.7 Å². The van der Waals surface area contributed by atoms with Gasteiger partial charge in [0.2, 0.25) is 0 Å². The van der Waals surface area contributed by atoms with Crippen LogP contribution in [0.2, 0.25) is 0 Å². The number of aromatic nitrogens is 2. The third-order valence-corrected chi connectivity index (χ3v) is 3.27. The molecule has 0 N–H and O–H groups in total. The number of nitrogens with zero attached hydrogens (tertiary/aromatic N) is 3. The molecule has 0 spiro atoms. The van der Waals surface area contributed by atoms with E-state index in [1.165, 1.54) is 21.2 Å². The van der Waals surface area contributed by atoms with Gasteiger partial charge in [-0.3, -0.25) is 0 Å². The molecule has 0 amide bonds. The first-order valence-corrected chi connectivity index (χ1v) is 5.35. The molecular weight excluding hydrogens is 222 g/mol. The van der Waals surface area contributed by atoms with Gasteiger partial charge < -0.3 is 4.74 Å². The zero-order valence-corrected chi connectivity index (χ0v) is 9.35. The maximum atomic E-state index is 11.5. The van der Waals surface area contributed by atoms with E-state index in [9.17, 15) is 13.2 Å². The summed E-state index contributed by atoms with van der Waals surface area (Å²) in [6, 6.07) is 0. The first-order chi connectivity index (χ1) is 6.89. The molecule has 7 nitrogen and oxygen atoms in total. The topological polar surface area (TPSA) is 81.5 Å². The molecule has 0 unspecified atom stereocenters. The third-order valence-electron chi connectivity index (χ3n) is 1.68. The van der Waals surface area contributed by atoms with Crippen LogP contribution in [0.3, 0.4) is 0 Å². The largest absolute Gasteiger partial charge is 0.465 e. The second kappa shape index (κ2) is 3.99. The van der Waals surface area contributed by atoms with Crippen LogP contribution in [0, 0.1) is 0 Å². The number of carbonyl (C=O) groups is 1. The smallest absolute Gasteiger partial charge is 0.341 e. The molecule has 0 bridgehead atoms. The average Bonchev–Trinajstić information content (AvgIpc) is 2.65. The number of methoxy groups -OCH3 is 1. The zero-order chi connectivity index (χ0) is 11.6. The maximum Gasteiger partial charge on any atom is 0.341 e. The second-order valence-corrected chi connectivity index (χ2v) is 4.88. The Hall–Kier alpha value is -1.41. The van der Waals surface area contributed by atoms with Gasteiger partial charge in [-0.1, -0.05) is 0 Å². The molecule has 0 saturated carbocycles. The number of rotatable bonds is 3. The van der Waals surface area contributed by atoms with E-state index in [2.05, 4.69) is 9.84 Å². The fraction of sp³-hybridized carbons (Fsp3) is 0.429. The second-order valence-electron chi connectivity index (χ2n) is 2.88. The lowest BCUT2D eigenvalue weighted by Crippen LogP contribution is -2.29. The van der Waals surface area contributed by atoms with Crippen LogP contribution in [0.4, 0.5) is 0 Å². The Labute approximate surface area is 87.4 Å². The fourth-order valence-electron chi connectivity index (χ4n) is 0.821. The number of esters is 1. The molecule has 0 aliphatic rings. The Morgan fingerprint density at radius 3 is 2.60 bits per heavy atom. The van der Waals surface area contributed by atoms with Gasteiger partial charge in [-0.2, -0.15) is 21.9 Å². The quantitative estimate of drug-likeness (QED) is 0.646. The first kappa shape index (κ1) is 11.7. The molecule has 0 atom stereocenters. The number of hydrogen-bond acceptors (Lipinski definition) is 5. The molecule has 1 rings (SSSR count). The average molecular weight is 233 g/mol. The molecular formula is C7H11N3O4S. The van der Waals surface area contributed by atoms with E-state index in [0.29, 0.717) is 4.09 Å². The van der Waals surface area contributed by atoms with E-state index < -0.39 is 16.2 Å². The molecule has 0 aliphatic heterocycles. The van der Waals surface area contributed by atoms with Crippen LogP contribution in [-0.2, 0) is 14.9 Å². The summed E-state index contributed by atoms with van der Waals surface area (Å²) in [7, 11) is 0.281. The van der Waals surface area contributed by atoms with Gasteiger partial charge in [0.05, 0.1) is 25.1 Å². The van der Waals surface area contributed by atoms with Crippen molar-refractivity contribution in [3.63, 3.8) is 0 Å². The minimum Gasteiger partial charge on any atom is -0.465 e. The number of hydrogen-bond donors (Lipinski definition) is 0. The summed E-state index contributed by atoms with van der Waals surface area (Å²) in [5.41, 5.74) is 0.0860. The van der Waals surface area contributed by atoms with Gasteiger partial charge in [-0.05, 0) is 0 Å². The Morgan fingerprint density at radius 2 is 2.13 bits per heavy atom. The summed E-state index contributed by atoms with van der Waals surface area (Å²) < 4.78 is 29.2. The fourth-order valence-corrected chi connectivity index (χ4v) is 1.57. The van der Waals surface area contributed by atoms with Crippen molar-refractivity contribution in [2.45, 2.75) is 0 Å². The Morgan fingerprint density at radius 1 is 1.53 bits per heavy atom. The molecule has 0 saturated heterocycles. The minimum absolute atomic E-state index is 0.0860. The van der Waals surface area contributed by atoms with Crippen LogP contribution in [0.25, 0.3) is 0 Å².